The van der Waals surface area contributed by atoms with Crippen LogP contribution in [-0.4, -0.2) is 53.7 Å². The molecule has 1 N–H and O–H groups in total. The maximum atomic E-state index is 11.4. The lowest BCUT2D eigenvalue weighted by Crippen LogP contribution is -2.48. The molecule has 0 amide bonds. The van der Waals surface area contributed by atoms with Gasteiger partial charge in [0.05, 0.1) is 10.6 Å². The van der Waals surface area contributed by atoms with E-state index >= 15 is 0 Å². The van der Waals surface area contributed by atoms with E-state index in [1.54, 1.807) is 0 Å². The summed E-state index contributed by atoms with van der Waals surface area (Å²) >= 11 is 6.72. The molecule has 1 aliphatic heterocycles. The molecule has 0 aromatic heterocycles. The van der Waals surface area contributed by atoms with Gasteiger partial charge in [0.25, 0.3) is 0 Å². The molecular weight excluding hydrogens is 503 g/mol. The van der Waals surface area contributed by atoms with E-state index in [9.17, 15) is 5.11 Å². The van der Waals surface area contributed by atoms with Crippen LogP contribution < -0.4 is 4.74 Å². The van der Waals surface area contributed by atoms with Gasteiger partial charge >= 0.3 is 0 Å². The van der Waals surface area contributed by atoms with Crippen molar-refractivity contribution in [2.45, 2.75) is 75.7 Å². The molecule has 4 nitrogen and oxygen atoms in total. The summed E-state index contributed by atoms with van der Waals surface area (Å²) in [4.78, 5) is 4.92. The zero-order chi connectivity index (χ0) is 23.3. The van der Waals surface area contributed by atoms with Gasteiger partial charge < -0.3 is 14.7 Å². The SMILES string of the molecule is CN(C)[C@@H]1CCCN(C(CC2(O)CCCCC2)c2ccc(OCc3ccccc3)c(Cl)c2)C1.Cl.Cl. The zero-order valence-corrected chi connectivity index (χ0v) is 23.4. The Labute approximate surface area is 228 Å². The minimum Gasteiger partial charge on any atom is -0.487 e. The summed E-state index contributed by atoms with van der Waals surface area (Å²) in [6.45, 7) is 2.59. The molecule has 1 saturated heterocycles. The molecular formula is C28H41Cl3N2O2. The summed E-state index contributed by atoms with van der Waals surface area (Å²) in [5, 5.41) is 12.1. The summed E-state index contributed by atoms with van der Waals surface area (Å²) in [7, 11) is 4.35. The van der Waals surface area contributed by atoms with Crippen molar-refractivity contribution in [3.8, 4) is 5.75 Å². The lowest BCUT2D eigenvalue weighted by atomic mass is 9.78. The Morgan fingerprint density at radius 1 is 1.06 bits per heavy atom. The van der Waals surface area contributed by atoms with Crippen LogP contribution in [0, 0.1) is 0 Å². The standard InChI is InChI=1S/C28H39ClN2O2.2ClH/c1-30(2)24-12-9-17-31(20-24)26(19-28(32)15-7-4-8-16-28)23-13-14-27(25(29)18-23)33-21-22-10-5-3-6-11-22;;/h3,5-6,10-11,13-14,18,24,26,32H,4,7-9,12,15-17,19-21H2,1-2H3;2*1H/t24-,26?;;/m1../s1. The van der Waals surface area contributed by atoms with Gasteiger partial charge in [0.1, 0.15) is 12.4 Å². The highest BCUT2D eigenvalue weighted by Crippen LogP contribution is 2.41. The fourth-order valence-corrected chi connectivity index (χ4v) is 5.74. The second kappa shape index (κ2) is 14.1. The molecule has 35 heavy (non-hydrogen) atoms. The molecule has 0 spiro atoms. The van der Waals surface area contributed by atoms with Crippen LogP contribution in [0.1, 0.15) is 68.5 Å². The number of hydrogen-bond donors (Lipinski definition) is 1. The van der Waals surface area contributed by atoms with Gasteiger partial charge in [-0.15, -0.1) is 24.8 Å². The van der Waals surface area contributed by atoms with E-state index in [1.807, 2.05) is 24.3 Å². The molecule has 196 valence electrons. The molecule has 4 rings (SSSR count). The average Bonchev–Trinajstić information content (AvgIpc) is 2.83. The van der Waals surface area contributed by atoms with E-state index in [4.69, 9.17) is 16.3 Å². The number of nitrogens with zero attached hydrogens (tertiary/aromatic N) is 2. The van der Waals surface area contributed by atoms with Gasteiger partial charge in [-0.25, -0.2) is 0 Å². The van der Waals surface area contributed by atoms with E-state index < -0.39 is 5.60 Å². The summed E-state index contributed by atoms with van der Waals surface area (Å²) in [6, 6.07) is 17.1. The highest BCUT2D eigenvalue weighted by molar-refractivity contribution is 6.32. The lowest BCUT2D eigenvalue weighted by molar-refractivity contribution is -0.0346. The number of piperidine rings is 1. The molecule has 2 aromatic rings. The molecule has 2 atom stereocenters. The van der Waals surface area contributed by atoms with Crippen molar-refractivity contribution >= 4 is 36.4 Å². The summed E-state index contributed by atoms with van der Waals surface area (Å²) in [6.07, 6.45) is 8.47. The van der Waals surface area contributed by atoms with E-state index in [2.05, 4.69) is 48.2 Å². The van der Waals surface area contributed by atoms with Crippen LogP contribution in [0.3, 0.4) is 0 Å². The maximum Gasteiger partial charge on any atom is 0.138 e. The van der Waals surface area contributed by atoms with Crippen LogP contribution in [0.5, 0.6) is 5.75 Å². The summed E-state index contributed by atoms with van der Waals surface area (Å²) < 4.78 is 6.02. The van der Waals surface area contributed by atoms with Crippen molar-refractivity contribution in [1.82, 2.24) is 9.80 Å². The molecule has 0 radical (unpaired) electrons. The van der Waals surface area contributed by atoms with Crippen molar-refractivity contribution < 1.29 is 9.84 Å². The quantitative estimate of drug-likeness (QED) is 0.392. The van der Waals surface area contributed by atoms with Crippen molar-refractivity contribution in [2.75, 3.05) is 27.2 Å². The second-order valence-corrected chi connectivity index (χ2v) is 10.6. The number of aliphatic hydroxyl groups is 1. The number of likely N-dealkylation sites (tertiary alicyclic amines) is 1. The van der Waals surface area contributed by atoms with E-state index in [0.29, 0.717) is 23.4 Å². The largest absolute Gasteiger partial charge is 0.487 e. The van der Waals surface area contributed by atoms with Gasteiger partial charge in [-0.05, 0) is 76.0 Å². The third kappa shape index (κ3) is 8.24. The predicted molar refractivity (Wildman–Crippen MR) is 150 cm³/mol. The predicted octanol–water partition coefficient (Wildman–Crippen LogP) is 6.92. The van der Waals surface area contributed by atoms with E-state index in [-0.39, 0.29) is 30.9 Å². The topological polar surface area (TPSA) is 35.9 Å². The molecule has 0 bridgehead atoms. The molecule has 1 unspecified atom stereocenters. The van der Waals surface area contributed by atoms with Crippen LogP contribution in [0.15, 0.2) is 48.5 Å². The Kier molecular flexibility index (Phi) is 12.1. The summed E-state index contributed by atoms with van der Waals surface area (Å²) in [5.41, 5.74) is 1.73. The Hall–Kier alpha value is -1.01. The molecule has 7 heteroatoms. The van der Waals surface area contributed by atoms with Crippen LogP contribution in [0.2, 0.25) is 5.02 Å². The van der Waals surface area contributed by atoms with Crippen LogP contribution in [0.4, 0.5) is 0 Å². The normalized spacial score (nSPS) is 21.0. The van der Waals surface area contributed by atoms with Crippen LogP contribution in [-0.2, 0) is 6.61 Å². The number of likely N-dealkylation sites (N-methyl/N-ethyl adjacent to an activating group) is 1. The average molecular weight is 544 g/mol. The van der Waals surface area contributed by atoms with Crippen molar-refractivity contribution in [2.24, 2.45) is 0 Å². The minimum absolute atomic E-state index is 0. The smallest absolute Gasteiger partial charge is 0.138 e. The first-order chi connectivity index (χ1) is 15.9. The lowest BCUT2D eigenvalue weighted by Gasteiger charge is -2.44. The fourth-order valence-electron chi connectivity index (χ4n) is 5.50. The zero-order valence-electron chi connectivity index (χ0n) is 21.0. The maximum absolute atomic E-state index is 11.4. The minimum atomic E-state index is -0.580. The van der Waals surface area contributed by atoms with Gasteiger partial charge in [0, 0.05) is 18.6 Å². The van der Waals surface area contributed by atoms with Crippen molar-refractivity contribution in [1.29, 1.82) is 0 Å². The number of benzene rings is 2. The van der Waals surface area contributed by atoms with Gasteiger partial charge in [0.2, 0.25) is 0 Å². The molecule has 2 fully saturated rings. The van der Waals surface area contributed by atoms with Gasteiger partial charge in [-0.2, -0.15) is 0 Å². The first-order valence-electron chi connectivity index (χ1n) is 12.5. The second-order valence-electron chi connectivity index (χ2n) is 10.2. The van der Waals surface area contributed by atoms with E-state index in [0.717, 1.165) is 50.8 Å². The molecule has 1 saturated carbocycles. The molecule has 1 heterocycles. The fraction of sp³-hybridized carbons (Fsp3) is 0.571. The Bertz CT molecular complexity index is 891. The number of rotatable bonds is 8. The van der Waals surface area contributed by atoms with Crippen molar-refractivity contribution in [3.63, 3.8) is 0 Å². The molecule has 2 aliphatic rings. The number of hydrogen-bond acceptors (Lipinski definition) is 4. The first kappa shape index (κ1) is 30.2. The van der Waals surface area contributed by atoms with Gasteiger partial charge in [0.15, 0.2) is 0 Å². The third-order valence-electron chi connectivity index (χ3n) is 7.53. The third-order valence-corrected chi connectivity index (χ3v) is 7.83. The highest BCUT2D eigenvalue weighted by Gasteiger charge is 2.37. The Balaban J connectivity index is 0.00000216. The summed E-state index contributed by atoms with van der Waals surface area (Å²) in [5.74, 6) is 0.712. The van der Waals surface area contributed by atoms with Gasteiger partial charge in [-0.1, -0.05) is 67.3 Å². The molecule has 2 aromatic carbocycles. The van der Waals surface area contributed by atoms with E-state index in [1.165, 1.54) is 24.8 Å². The Morgan fingerprint density at radius 2 is 1.77 bits per heavy atom. The Morgan fingerprint density at radius 3 is 2.43 bits per heavy atom. The monoisotopic (exact) mass is 542 g/mol. The highest BCUT2D eigenvalue weighted by atomic mass is 35.5. The number of halogens is 3. The van der Waals surface area contributed by atoms with Crippen LogP contribution >= 0.6 is 36.4 Å². The van der Waals surface area contributed by atoms with Crippen molar-refractivity contribution in [3.05, 3.63) is 64.7 Å². The molecule has 1 aliphatic carbocycles. The first-order valence-corrected chi connectivity index (χ1v) is 12.9. The van der Waals surface area contributed by atoms with Gasteiger partial charge in [-0.3, -0.25) is 4.90 Å². The number of ether oxygens (including phenoxy) is 1. The van der Waals surface area contributed by atoms with Crippen LogP contribution in [0.25, 0.3) is 0 Å².